The molecule has 0 bridgehead atoms. The normalized spacial score (nSPS) is 13.8. The number of carbonyl (C=O) groups excluding carboxylic acids is 2. The minimum atomic E-state index is -0.614. The maximum atomic E-state index is 14.7. The maximum absolute atomic E-state index is 14.7. The Bertz CT molecular complexity index is 1310. The zero-order valence-corrected chi connectivity index (χ0v) is 20.5. The summed E-state index contributed by atoms with van der Waals surface area (Å²) in [5.41, 5.74) is 6.34. The second-order valence-electron chi connectivity index (χ2n) is 8.66. The van der Waals surface area contributed by atoms with Crippen LogP contribution >= 0.6 is 0 Å². The van der Waals surface area contributed by atoms with Crippen LogP contribution in [0.4, 0.5) is 4.39 Å². The van der Waals surface area contributed by atoms with Crippen molar-refractivity contribution >= 4 is 22.6 Å². The minimum absolute atomic E-state index is 0.0354. The van der Waals surface area contributed by atoms with Crippen molar-refractivity contribution in [2.24, 2.45) is 5.73 Å². The summed E-state index contributed by atoms with van der Waals surface area (Å²) < 4.78 is 25.2. The van der Waals surface area contributed by atoms with Gasteiger partial charge in [0.1, 0.15) is 12.4 Å². The smallest absolute Gasteiger partial charge is 0.272 e. The molecule has 0 unspecified atom stereocenters. The predicted octanol–water partition coefficient (Wildman–Crippen LogP) is 0.929. The minimum Gasteiger partial charge on any atom is -0.378 e. The van der Waals surface area contributed by atoms with Crippen molar-refractivity contribution in [3.05, 3.63) is 75.5 Å². The number of nitrogens with two attached hydrogens (primary N) is 1. The van der Waals surface area contributed by atoms with Crippen LogP contribution in [-0.4, -0.2) is 91.0 Å². The summed E-state index contributed by atoms with van der Waals surface area (Å²) in [5, 5.41) is 7.88. The lowest BCUT2D eigenvalue weighted by Crippen LogP contribution is -2.51. The summed E-state index contributed by atoms with van der Waals surface area (Å²) in [5.74, 6) is -1.21. The summed E-state index contributed by atoms with van der Waals surface area (Å²) in [6.07, 6.45) is 0.317. The van der Waals surface area contributed by atoms with E-state index < -0.39 is 11.7 Å². The van der Waals surface area contributed by atoms with E-state index >= 15 is 0 Å². The van der Waals surface area contributed by atoms with Gasteiger partial charge in [0.15, 0.2) is 0 Å². The van der Waals surface area contributed by atoms with Crippen molar-refractivity contribution in [1.29, 1.82) is 0 Å². The number of rotatable bonds is 10. The quantitative estimate of drug-likeness (QED) is 0.387. The zero-order valence-electron chi connectivity index (χ0n) is 20.5. The molecule has 0 saturated carbocycles. The summed E-state index contributed by atoms with van der Waals surface area (Å²) in [7, 11) is 0. The van der Waals surface area contributed by atoms with Gasteiger partial charge < -0.3 is 25.0 Å². The summed E-state index contributed by atoms with van der Waals surface area (Å²) in [4.78, 5) is 40.7. The van der Waals surface area contributed by atoms with Gasteiger partial charge in [-0.1, -0.05) is 24.3 Å². The van der Waals surface area contributed by atoms with E-state index in [-0.39, 0.29) is 23.6 Å². The summed E-state index contributed by atoms with van der Waals surface area (Å²) in [6.45, 7) is 2.73. The highest BCUT2D eigenvalue weighted by Gasteiger charge is 2.26. The third-order valence-electron chi connectivity index (χ3n) is 6.19. The van der Waals surface area contributed by atoms with Gasteiger partial charge in [0, 0.05) is 44.5 Å². The van der Waals surface area contributed by atoms with Gasteiger partial charge in [0.2, 0.25) is 5.91 Å². The molecule has 4 rings (SSSR count). The molecule has 0 radical (unpaired) electrons. The number of hydrogen-bond donors (Lipinski definition) is 2. The van der Waals surface area contributed by atoms with Crippen molar-refractivity contribution in [2.75, 3.05) is 59.2 Å². The van der Waals surface area contributed by atoms with Crippen molar-refractivity contribution in [3.8, 4) is 0 Å². The van der Waals surface area contributed by atoms with Crippen molar-refractivity contribution < 1.29 is 23.5 Å². The number of aromatic amines is 1. The molecule has 0 atom stereocenters. The molecule has 0 aliphatic carbocycles. The Morgan fingerprint density at radius 2 is 1.68 bits per heavy atom. The van der Waals surface area contributed by atoms with Crippen LogP contribution in [0.25, 0.3) is 10.8 Å². The number of benzene rings is 2. The molecule has 2 heterocycles. The molecule has 2 aromatic carbocycles. The van der Waals surface area contributed by atoms with Gasteiger partial charge in [0.05, 0.1) is 36.5 Å². The van der Waals surface area contributed by atoms with E-state index in [0.29, 0.717) is 81.0 Å². The number of halogens is 1. The van der Waals surface area contributed by atoms with Crippen LogP contribution in [0, 0.1) is 5.82 Å². The van der Waals surface area contributed by atoms with Gasteiger partial charge in [-0.3, -0.25) is 14.4 Å². The lowest BCUT2D eigenvalue weighted by atomic mass is 10.0. The van der Waals surface area contributed by atoms with Crippen LogP contribution in [0.3, 0.4) is 0 Å². The lowest BCUT2D eigenvalue weighted by molar-refractivity contribution is -0.138. The number of ether oxygens (including phenoxy) is 2. The Balaban J connectivity index is 1.36. The van der Waals surface area contributed by atoms with Gasteiger partial charge >= 0.3 is 0 Å². The Hall–Kier alpha value is -3.67. The second kappa shape index (κ2) is 12.5. The molecule has 3 aromatic rings. The highest BCUT2D eigenvalue weighted by atomic mass is 19.1. The summed E-state index contributed by atoms with van der Waals surface area (Å²) in [6, 6.07) is 11.5. The Labute approximate surface area is 213 Å². The third-order valence-corrected chi connectivity index (χ3v) is 6.19. The largest absolute Gasteiger partial charge is 0.378 e. The highest BCUT2D eigenvalue weighted by molar-refractivity contribution is 5.95. The molecule has 1 saturated heterocycles. The zero-order chi connectivity index (χ0) is 26.2. The topological polar surface area (TPSA) is 131 Å². The first-order valence-electron chi connectivity index (χ1n) is 12.1. The molecule has 196 valence electrons. The van der Waals surface area contributed by atoms with E-state index in [1.165, 1.54) is 12.1 Å². The number of fused-ring (bicyclic) bond motifs is 1. The van der Waals surface area contributed by atoms with Crippen LogP contribution in [0.2, 0.25) is 0 Å². The second-order valence-corrected chi connectivity index (χ2v) is 8.66. The fourth-order valence-corrected chi connectivity index (χ4v) is 4.23. The molecule has 1 aliphatic rings. The Kier molecular flexibility index (Phi) is 8.94. The first kappa shape index (κ1) is 26.4. The average molecular weight is 512 g/mol. The van der Waals surface area contributed by atoms with Crippen molar-refractivity contribution in [2.45, 2.75) is 6.42 Å². The van der Waals surface area contributed by atoms with E-state index in [4.69, 9.17) is 15.2 Å². The fraction of sp³-hybridized carbons (Fsp3) is 0.385. The number of nitrogens with zero attached hydrogens (tertiary/aromatic N) is 3. The van der Waals surface area contributed by atoms with Crippen LogP contribution in [0.5, 0.6) is 0 Å². The van der Waals surface area contributed by atoms with E-state index in [1.54, 1.807) is 28.0 Å². The molecule has 2 amide bonds. The molecule has 10 nitrogen and oxygen atoms in total. The van der Waals surface area contributed by atoms with Crippen LogP contribution in [0.15, 0.2) is 47.3 Å². The number of aromatic nitrogens is 2. The summed E-state index contributed by atoms with van der Waals surface area (Å²) >= 11 is 0. The first-order chi connectivity index (χ1) is 18.0. The monoisotopic (exact) mass is 511 g/mol. The number of amides is 2. The highest BCUT2D eigenvalue weighted by Crippen LogP contribution is 2.20. The van der Waals surface area contributed by atoms with Gasteiger partial charge in [-0.25, -0.2) is 9.49 Å². The third kappa shape index (κ3) is 6.56. The molecule has 11 heteroatoms. The van der Waals surface area contributed by atoms with E-state index in [1.807, 2.05) is 12.1 Å². The Morgan fingerprint density at radius 1 is 0.973 bits per heavy atom. The van der Waals surface area contributed by atoms with Crippen LogP contribution in [0.1, 0.15) is 21.6 Å². The van der Waals surface area contributed by atoms with Gasteiger partial charge in [-0.2, -0.15) is 5.10 Å². The molecular weight excluding hydrogens is 481 g/mol. The first-order valence-corrected chi connectivity index (χ1v) is 12.1. The Morgan fingerprint density at radius 3 is 2.43 bits per heavy atom. The van der Waals surface area contributed by atoms with Crippen molar-refractivity contribution in [1.82, 2.24) is 20.0 Å². The lowest BCUT2D eigenvalue weighted by Gasteiger charge is -2.34. The number of nitrogens with one attached hydrogen (secondary N) is 1. The molecule has 1 aliphatic heterocycles. The number of hydrogen-bond acceptors (Lipinski definition) is 7. The molecule has 37 heavy (non-hydrogen) atoms. The molecule has 1 aromatic heterocycles. The van der Waals surface area contributed by atoms with E-state index in [0.717, 1.165) is 0 Å². The number of piperazine rings is 1. The predicted molar refractivity (Wildman–Crippen MR) is 135 cm³/mol. The molecular formula is C26H30FN5O5. The standard InChI is InChI=1S/C26H30FN5O5/c27-22-6-5-18(16-23-19-3-1-2-4-20(19)25(34)30-29-23)15-21(22)26(35)32-10-8-31(9-11-32)24(33)17-37-14-13-36-12-7-28/h1-6,15H,7-14,16-17,28H2,(H,30,34). The average Bonchev–Trinajstić information content (AvgIpc) is 2.93. The number of H-pyrrole nitrogens is 1. The maximum Gasteiger partial charge on any atom is 0.272 e. The van der Waals surface area contributed by atoms with E-state index in [2.05, 4.69) is 10.2 Å². The SMILES string of the molecule is NCCOCCOCC(=O)N1CCN(C(=O)c2cc(Cc3n[nH]c(=O)c4ccccc34)ccc2F)CC1. The van der Waals surface area contributed by atoms with Crippen molar-refractivity contribution in [3.63, 3.8) is 0 Å². The van der Waals surface area contributed by atoms with Crippen LogP contribution in [-0.2, 0) is 20.7 Å². The van der Waals surface area contributed by atoms with Gasteiger partial charge in [-0.05, 0) is 23.8 Å². The number of carbonyl (C=O) groups is 2. The van der Waals surface area contributed by atoms with E-state index in [9.17, 15) is 18.8 Å². The van der Waals surface area contributed by atoms with Gasteiger partial charge in [0.25, 0.3) is 11.5 Å². The molecule has 1 fully saturated rings. The fourth-order valence-electron chi connectivity index (χ4n) is 4.23. The van der Waals surface area contributed by atoms with Crippen LogP contribution < -0.4 is 11.3 Å². The van der Waals surface area contributed by atoms with Gasteiger partial charge in [-0.15, -0.1) is 0 Å². The molecule has 3 N–H and O–H groups in total. The molecule has 0 spiro atoms.